The molecule has 1 fully saturated rings. The second kappa shape index (κ2) is 6.59. The van der Waals surface area contributed by atoms with Crippen molar-refractivity contribution in [2.45, 2.75) is 25.8 Å². The number of rotatable bonds is 4. The highest BCUT2D eigenvalue weighted by molar-refractivity contribution is 5.94. The van der Waals surface area contributed by atoms with Crippen molar-refractivity contribution in [1.29, 1.82) is 0 Å². The Morgan fingerprint density at radius 3 is 2.70 bits per heavy atom. The van der Waals surface area contributed by atoms with E-state index in [-0.39, 0.29) is 24.2 Å². The summed E-state index contributed by atoms with van der Waals surface area (Å²) in [4.78, 5) is 40.4. The summed E-state index contributed by atoms with van der Waals surface area (Å²) in [6.07, 6.45) is 2.62. The van der Waals surface area contributed by atoms with Crippen LogP contribution in [-0.2, 0) is 24.7 Å². The zero-order valence-electron chi connectivity index (χ0n) is 13.2. The van der Waals surface area contributed by atoms with E-state index in [0.29, 0.717) is 18.8 Å². The molecule has 0 radical (unpaired) electrons. The molecule has 2 rings (SSSR count). The van der Waals surface area contributed by atoms with E-state index < -0.39 is 11.5 Å². The number of aromatic nitrogens is 2. The molecule has 0 spiro atoms. The standard InChI is InChI=1S/C14H18N4O5/c1-9-15-13(23-17-9)14(16-10(2)19)6-7-18(8-14)11(20)4-5-12(21)22-3/h4-5H,6-8H2,1-3H3,(H,16,19)/b5-4+. The van der Waals surface area contributed by atoms with E-state index in [1.807, 2.05) is 0 Å². The van der Waals surface area contributed by atoms with Gasteiger partial charge in [-0.15, -0.1) is 0 Å². The van der Waals surface area contributed by atoms with E-state index in [0.717, 1.165) is 12.2 Å². The molecule has 0 aliphatic carbocycles. The summed E-state index contributed by atoms with van der Waals surface area (Å²) >= 11 is 0. The molecule has 124 valence electrons. The van der Waals surface area contributed by atoms with Crippen LogP contribution in [0.1, 0.15) is 25.1 Å². The summed E-state index contributed by atoms with van der Waals surface area (Å²) in [6.45, 7) is 3.61. The number of esters is 1. The third-order valence-electron chi connectivity index (χ3n) is 3.50. The van der Waals surface area contributed by atoms with Crippen molar-refractivity contribution in [2.24, 2.45) is 0 Å². The van der Waals surface area contributed by atoms with E-state index in [9.17, 15) is 14.4 Å². The van der Waals surface area contributed by atoms with Gasteiger partial charge in [-0.05, 0) is 13.3 Å². The molecular formula is C14H18N4O5. The minimum Gasteiger partial charge on any atom is -0.466 e. The number of likely N-dealkylation sites (tertiary alicyclic amines) is 1. The van der Waals surface area contributed by atoms with Crippen LogP contribution in [-0.4, -0.2) is 53.0 Å². The van der Waals surface area contributed by atoms with Crippen molar-refractivity contribution < 1.29 is 23.6 Å². The van der Waals surface area contributed by atoms with Gasteiger partial charge in [0.05, 0.1) is 13.7 Å². The second-order valence-electron chi connectivity index (χ2n) is 5.28. The first-order valence-electron chi connectivity index (χ1n) is 7.01. The van der Waals surface area contributed by atoms with Crippen molar-refractivity contribution in [3.63, 3.8) is 0 Å². The molecule has 1 aliphatic heterocycles. The van der Waals surface area contributed by atoms with Gasteiger partial charge >= 0.3 is 5.97 Å². The lowest BCUT2D eigenvalue weighted by molar-refractivity contribution is -0.135. The molecular weight excluding hydrogens is 304 g/mol. The van der Waals surface area contributed by atoms with Gasteiger partial charge in [-0.1, -0.05) is 5.16 Å². The lowest BCUT2D eigenvalue weighted by Gasteiger charge is -2.25. The lowest BCUT2D eigenvalue weighted by Crippen LogP contribution is -2.48. The molecule has 1 aromatic rings. The fourth-order valence-electron chi connectivity index (χ4n) is 2.47. The van der Waals surface area contributed by atoms with Crippen LogP contribution in [0.15, 0.2) is 16.7 Å². The summed E-state index contributed by atoms with van der Waals surface area (Å²) < 4.78 is 9.63. The van der Waals surface area contributed by atoms with Gasteiger partial charge in [-0.25, -0.2) is 4.79 Å². The van der Waals surface area contributed by atoms with Gasteiger partial charge in [-0.3, -0.25) is 9.59 Å². The quantitative estimate of drug-likeness (QED) is 0.596. The normalized spacial score (nSPS) is 20.7. The van der Waals surface area contributed by atoms with Gasteiger partial charge in [0.15, 0.2) is 5.82 Å². The van der Waals surface area contributed by atoms with Crippen LogP contribution in [0.4, 0.5) is 0 Å². The number of amides is 2. The summed E-state index contributed by atoms with van der Waals surface area (Å²) in [5, 5.41) is 6.54. The number of ether oxygens (including phenoxy) is 1. The Morgan fingerprint density at radius 1 is 1.39 bits per heavy atom. The Labute approximate surface area is 132 Å². The average Bonchev–Trinajstić information content (AvgIpc) is 3.11. The summed E-state index contributed by atoms with van der Waals surface area (Å²) in [6, 6.07) is 0. The summed E-state index contributed by atoms with van der Waals surface area (Å²) in [5.74, 6) is -0.533. The highest BCUT2D eigenvalue weighted by Crippen LogP contribution is 2.31. The van der Waals surface area contributed by atoms with Crippen molar-refractivity contribution in [2.75, 3.05) is 20.2 Å². The maximum absolute atomic E-state index is 12.1. The highest BCUT2D eigenvalue weighted by atomic mass is 16.5. The fourth-order valence-corrected chi connectivity index (χ4v) is 2.47. The monoisotopic (exact) mass is 322 g/mol. The Hall–Kier alpha value is -2.71. The molecule has 1 atom stereocenters. The first kappa shape index (κ1) is 16.7. The molecule has 1 N–H and O–H groups in total. The van der Waals surface area contributed by atoms with Gasteiger partial charge in [0.1, 0.15) is 5.54 Å². The molecule has 1 aromatic heterocycles. The minimum absolute atomic E-state index is 0.179. The number of hydrogen-bond donors (Lipinski definition) is 1. The Balaban J connectivity index is 2.18. The molecule has 9 nitrogen and oxygen atoms in total. The molecule has 2 amide bonds. The van der Waals surface area contributed by atoms with Gasteiger partial charge in [0, 0.05) is 25.6 Å². The lowest BCUT2D eigenvalue weighted by atomic mass is 9.98. The predicted octanol–water partition coefficient (Wildman–Crippen LogP) is -0.329. The van der Waals surface area contributed by atoms with Crippen molar-refractivity contribution in [3.05, 3.63) is 23.9 Å². The number of hydrogen-bond acceptors (Lipinski definition) is 7. The molecule has 1 saturated heterocycles. The van der Waals surface area contributed by atoms with Crippen LogP contribution in [0.2, 0.25) is 0 Å². The Morgan fingerprint density at radius 2 is 2.13 bits per heavy atom. The maximum atomic E-state index is 12.1. The van der Waals surface area contributed by atoms with Gasteiger partial charge in [-0.2, -0.15) is 4.98 Å². The molecule has 0 saturated carbocycles. The molecule has 0 bridgehead atoms. The van der Waals surface area contributed by atoms with E-state index >= 15 is 0 Å². The van der Waals surface area contributed by atoms with Crippen molar-refractivity contribution in [1.82, 2.24) is 20.4 Å². The zero-order chi connectivity index (χ0) is 17.0. The van der Waals surface area contributed by atoms with Crippen LogP contribution >= 0.6 is 0 Å². The highest BCUT2D eigenvalue weighted by Gasteiger charge is 2.46. The number of aryl methyl sites for hydroxylation is 1. The predicted molar refractivity (Wildman–Crippen MR) is 76.9 cm³/mol. The SMILES string of the molecule is COC(=O)/C=C/C(=O)N1CCC(NC(C)=O)(c2nc(C)no2)C1. The molecule has 0 aromatic carbocycles. The first-order chi connectivity index (χ1) is 10.9. The van der Waals surface area contributed by atoms with Gasteiger partial charge in [0.2, 0.25) is 11.8 Å². The second-order valence-corrected chi connectivity index (χ2v) is 5.28. The van der Waals surface area contributed by atoms with Crippen LogP contribution in [0.25, 0.3) is 0 Å². The van der Waals surface area contributed by atoms with E-state index in [2.05, 4.69) is 20.2 Å². The van der Waals surface area contributed by atoms with E-state index in [1.165, 1.54) is 18.9 Å². The summed E-state index contributed by atoms with van der Waals surface area (Å²) in [7, 11) is 1.23. The zero-order valence-corrected chi connectivity index (χ0v) is 13.2. The van der Waals surface area contributed by atoms with Gasteiger partial charge in [0.25, 0.3) is 5.89 Å². The third kappa shape index (κ3) is 3.74. The minimum atomic E-state index is -0.915. The first-order valence-corrected chi connectivity index (χ1v) is 7.01. The topological polar surface area (TPSA) is 115 Å². The number of carbonyl (C=O) groups excluding carboxylic acids is 3. The Kier molecular flexibility index (Phi) is 4.77. The van der Waals surface area contributed by atoms with Crippen LogP contribution < -0.4 is 5.32 Å². The van der Waals surface area contributed by atoms with Crippen LogP contribution in [0.3, 0.4) is 0 Å². The fraction of sp³-hybridized carbons (Fsp3) is 0.500. The van der Waals surface area contributed by atoms with E-state index in [4.69, 9.17) is 4.52 Å². The largest absolute Gasteiger partial charge is 0.466 e. The molecule has 9 heteroatoms. The Bertz CT molecular complexity index is 653. The smallest absolute Gasteiger partial charge is 0.330 e. The van der Waals surface area contributed by atoms with Crippen molar-refractivity contribution in [3.8, 4) is 0 Å². The summed E-state index contributed by atoms with van der Waals surface area (Å²) in [5.41, 5.74) is -0.915. The molecule has 2 heterocycles. The third-order valence-corrected chi connectivity index (χ3v) is 3.50. The van der Waals surface area contributed by atoms with Crippen molar-refractivity contribution >= 4 is 17.8 Å². The number of methoxy groups -OCH3 is 1. The van der Waals surface area contributed by atoms with Crippen LogP contribution in [0, 0.1) is 6.92 Å². The average molecular weight is 322 g/mol. The van der Waals surface area contributed by atoms with Gasteiger partial charge < -0.3 is 19.5 Å². The number of carbonyl (C=O) groups is 3. The van der Waals surface area contributed by atoms with E-state index in [1.54, 1.807) is 6.92 Å². The number of nitrogens with one attached hydrogen (secondary N) is 1. The molecule has 23 heavy (non-hydrogen) atoms. The maximum Gasteiger partial charge on any atom is 0.330 e. The molecule has 1 unspecified atom stereocenters. The molecule has 1 aliphatic rings. The van der Waals surface area contributed by atoms with Crippen LogP contribution in [0.5, 0.6) is 0 Å². The number of nitrogens with zero attached hydrogens (tertiary/aromatic N) is 3.